The van der Waals surface area contributed by atoms with Crippen molar-refractivity contribution in [2.45, 2.75) is 25.2 Å². The minimum atomic E-state index is -0.798. The number of hydrogen-bond acceptors (Lipinski definition) is 6. The van der Waals surface area contributed by atoms with E-state index < -0.39 is 18.2 Å². The Labute approximate surface area is 188 Å². The van der Waals surface area contributed by atoms with Crippen LogP contribution in [0.4, 0.5) is 10.5 Å². The van der Waals surface area contributed by atoms with Gasteiger partial charge in [-0.3, -0.25) is 10.1 Å². The molecule has 1 amide bonds. The molecule has 31 heavy (non-hydrogen) atoms. The third-order valence-electron chi connectivity index (χ3n) is 4.38. The average molecular weight is 461 g/mol. The first-order valence-corrected chi connectivity index (χ1v) is 11.0. The van der Waals surface area contributed by atoms with Crippen LogP contribution in [0.2, 0.25) is 5.02 Å². The van der Waals surface area contributed by atoms with E-state index >= 15 is 0 Å². The minimum absolute atomic E-state index is 0.140. The van der Waals surface area contributed by atoms with Crippen LogP contribution >= 0.6 is 23.4 Å². The van der Waals surface area contributed by atoms with Crippen molar-refractivity contribution in [2.75, 3.05) is 11.1 Å². The Hall–Kier alpha value is -2.97. The minimum Gasteiger partial charge on any atom is -0.481 e. The van der Waals surface area contributed by atoms with E-state index in [0.717, 1.165) is 11.1 Å². The highest BCUT2D eigenvalue weighted by molar-refractivity contribution is 7.98. The Kier molecular flexibility index (Phi) is 7.97. The van der Waals surface area contributed by atoms with Gasteiger partial charge in [-0.05, 0) is 18.6 Å². The molecule has 3 rings (SSSR count). The smallest absolute Gasteiger partial charge is 0.412 e. The van der Waals surface area contributed by atoms with Crippen LogP contribution < -0.4 is 5.32 Å². The van der Waals surface area contributed by atoms with E-state index in [9.17, 15) is 9.59 Å². The first-order chi connectivity index (χ1) is 14.9. The van der Waals surface area contributed by atoms with Crippen molar-refractivity contribution in [1.29, 1.82) is 0 Å². The first kappa shape index (κ1) is 22.7. The van der Waals surface area contributed by atoms with Crippen LogP contribution in [0.3, 0.4) is 0 Å². The number of carbonyl (C=O) groups excluding carboxylic acids is 1. The fourth-order valence-corrected chi connectivity index (χ4v) is 3.99. The van der Waals surface area contributed by atoms with Gasteiger partial charge in [0, 0.05) is 27.7 Å². The molecule has 0 aliphatic heterocycles. The van der Waals surface area contributed by atoms with Crippen LogP contribution in [-0.4, -0.2) is 28.1 Å². The van der Waals surface area contributed by atoms with Crippen molar-refractivity contribution in [1.82, 2.24) is 5.16 Å². The molecule has 1 unspecified atom stereocenters. The molecule has 0 aliphatic rings. The summed E-state index contributed by atoms with van der Waals surface area (Å²) in [6, 6.07) is 14.7. The molecule has 0 saturated carbocycles. The van der Waals surface area contributed by atoms with Gasteiger partial charge in [-0.15, -0.1) is 0 Å². The lowest BCUT2D eigenvalue weighted by Gasteiger charge is -2.15. The summed E-state index contributed by atoms with van der Waals surface area (Å²) in [6.07, 6.45) is 0.367. The number of aromatic nitrogens is 1. The van der Waals surface area contributed by atoms with Gasteiger partial charge in [0.05, 0.1) is 12.6 Å². The molecule has 0 aliphatic carbocycles. The summed E-state index contributed by atoms with van der Waals surface area (Å²) < 4.78 is 10.7. The quantitative estimate of drug-likeness (QED) is 0.377. The normalized spacial score (nSPS) is 11.7. The molecule has 0 bridgehead atoms. The van der Waals surface area contributed by atoms with Crippen LogP contribution in [0.5, 0.6) is 0 Å². The summed E-state index contributed by atoms with van der Waals surface area (Å²) in [4.78, 5) is 22.9. The lowest BCUT2D eigenvalue weighted by Crippen LogP contribution is -2.16. The molecule has 9 heteroatoms. The molecule has 3 aromatic rings. The van der Waals surface area contributed by atoms with E-state index in [1.165, 1.54) is 6.20 Å². The molecule has 162 valence electrons. The molecule has 0 radical (unpaired) electrons. The van der Waals surface area contributed by atoms with Gasteiger partial charge in [0.1, 0.15) is 11.8 Å². The van der Waals surface area contributed by atoms with Crippen molar-refractivity contribution in [3.8, 4) is 11.3 Å². The third-order valence-corrected chi connectivity index (χ3v) is 5.75. The second kappa shape index (κ2) is 10.9. The van der Waals surface area contributed by atoms with Crippen molar-refractivity contribution >= 4 is 41.1 Å². The number of carboxylic acid groups (broad SMARTS) is 1. The summed E-state index contributed by atoms with van der Waals surface area (Å²) >= 11 is 7.71. The van der Waals surface area contributed by atoms with E-state index in [0.29, 0.717) is 33.5 Å². The predicted molar refractivity (Wildman–Crippen MR) is 120 cm³/mol. The van der Waals surface area contributed by atoms with Crippen LogP contribution in [0.1, 0.15) is 30.6 Å². The van der Waals surface area contributed by atoms with Crippen LogP contribution in [0.15, 0.2) is 59.3 Å². The van der Waals surface area contributed by atoms with Crippen molar-refractivity contribution in [3.05, 3.63) is 70.9 Å². The number of rotatable bonds is 9. The molecule has 1 heterocycles. The van der Waals surface area contributed by atoms with E-state index in [1.807, 2.05) is 36.4 Å². The molecular formula is C22H21ClN2O5S. The highest BCUT2D eigenvalue weighted by atomic mass is 35.5. The van der Waals surface area contributed by atoms with Crippen molar-refractivity contribution in [3.63, 3.8) is 0 Å². The zero-order valence-electron chi connectivity index (χ0n) is 16.7. The van der Waals surface area contributed by atoms with E-state index in [1.54, 1.807) is 30.8 Å². The summed E-state index contributed by atoms with van der Waals surface area (Å²) in [6.45, 7) is 1.74. The number of carbonyl (C=O) groups is 2. The number of hydrogen-bond donors (Lipinski definition) is 2. The molecule has 1 aromatic heterocycles. The molecule has 2 aromatic carbocycles. The zero-order chi connectivity index (χ0) is 22.2. The number of nitrogens with zero attached hydrogens (tertiary/aromatic N) is 1. The van der Waals surface area contributed by atoms with E-state index in [-0.39, 0.29) is 6.42 Å². The molecule has 0 fully saturated rings. The van der Waals surface area contributed by atoms with Crippen LogP contribution in [0.25, 0.3) is 11.3 Å². The van der Waals surface area contributed by atoms with E-state index in [2.05, 4.69) is 10.5 Å². The van der Waals surface area contributed by atoms with Gasteiger partial charge in [-0.1, -0.05) is 59.2 Å². The van der Waals surface area contributed by atoms with Crippen LogP contribution in [0, 0.1) is 0 Å². The summed E-state index contributed by atoms with van der Waals surface area (Å²) in [5.74, 6) is 0.879. The topological polar surface area (TPSA) is 102 Å². The lowest BCUT2D eigenvalue weighted by molar-refractivity contribution is -0.136. The largest absolute Gasteiger partial charge is 0.481 e. The molecule has 0 spiro atoms. The first-order valence-electron chi connectivity index (χ1n) is 9.49. The Morgan fingerprint density at radius 3 is 2.68 bits per heavy atom. The standard InChI is InChI=1S/C22H21ClN2O5S/c1-14(17-4-2-3-5-18(17)23)29-22(28)25-19-12-24-30-21(19)16-8-6-15(7-9-16)13-31-11-10-20(26)27/h2-9,12,14H,10-11,13H2,1H3,(H,25,28)(H,26,27). The van der Waals surface area contributed by atoms with Gasteiger partial charge in [0.25, 0.3) is 0 Å². The van der Waals surface area contributed by atoms with Gasteiger partial charge >= 0.3 is 12.1 Å². The summed E-state index contributed by atoms with van der Waals surface area (Å²) in [7, 11) is 0. The monoisotopic (exact) mass is 460 g/mol. The SMILES string of the molecule is CC(OC(=O)Nc1cnoc1-c1ccc(CSCCC(=O)O)cc1)c1ccccc1Cl. The van der Waals surface area contributed by atoms with Gasteiger partial charge in [0.15, 0.2) is 5.76 Å². The summed E-state index contributed by atoms with van der Waals surface area (Å²) in [5, 5.41) is 15.6. The second-order valence-electron chi connectivity index (χ2n) is 6.66. The Morgan fingerprint density at radius 2 is 1.97 bits per heavy atom. The molecule has 1 atom stereocenters. The lowest BCUT2D eigenvalue weighted by atomic mass is 10.1. The maximum absolute atomic E-state index is 12.3. The van der Waals surface area contributed by atoms with Crippen molar-refractivity contribution in [2.24, 2.45) is 0 Å². The number of thioether (sulfide) groups is 1. The number of benzene rings is 2. The van der Waals surface area contributed by atoms with Gasteiger partial charge in [0.2, 0.25) is 0 Å². The second-order valence-corrected chi connectivity index (χ2v) is 8.17. The highest BCUT2D eigenvalue weighted by Gasteiger charge is 2.18. The van der Waals surface area contributed by atoms with Crippen molar-refractivity contribution < 1.29 is 24.0 Å². The number of nitrogens with one attached hydrogen (secondary N) is 1. The maximum Gasteiger partial charge on any atom is 0.412 e. The van der Waals surface area contributed by atoms with E-state index in [4.69, 9.17) is 26.0 Å². The Balaban J connectivity index is 1.59. The number of carboxylic acids is 1. The third kappa shape index (κ3) is 6.50. The molecule has 0 saturated heterocycles. The predicted octanol–water partition coefficient (Wildman–Crippen LogP) is 6.01. The number of aliphatic carboxylic acids is 1. The fraction of sp³-hybridized carbons (Fsp3) is 0.227. The number of halogens is 1. The van der Waals surface area contributed by atoms with Gasteiger partial charge < -0.3 is 14.4 Å². The highest BCUT2D eigenvalue weighted by Crippen LogP contribution is 2.30. The molecular weight excluding hydrogens is 440 g/mol. The maximum atomic E-state index is 12.3. The number of ether oxygens (including phenoxy) is 1. The average Bonchev–Trinajstić information content (AvgIpc) is 3.19. The van der Waals surface area contributed by atoms with Gasteiger partial charge in [-0.25, -0.2) is 4.79 Å². The Morgan fingerprint density at radius 1 is 1.23 bits per heavy atom. The number of anilines is 1. The molecule has 7 nitrogen and oxygen atoms in total. The fourth-order valence-electron chi connectivity index (χ4n) is 2.81. The van der Waals surface area contributed by atoms with Crippen LogP contribution in [-0.2, 0) is 15.3 Å². The summed E-state index contributed by atoms with van der Waals surface area (Å²) in [5.41, 5.74) is 2.90. The molecule has 2 N–H and O–H groups in total. The van der Waals surface area contributed by atoms with Gasteiger partial charge in [-0.2, -0.15) is 11.8 Å². The number of amides is 1. The zero-order valence-corrected chi connectivity index (χ0v) is 18.3. The Bertz CT molecular complexity index is 1040.